The molecule has 0 bridgehead atoms. The van der Waals surface area contributed by atoms with Crippen LogP contribution in [0.25, 0.3) is 0 Å². The summed E-state index contributed by atoms with van der Waals surface area (Å²) in [6, 6.07) is 0. The van der Waals surface area contributed by atoms with Crippen molar-refractivity contribution in [3.05, 3.63) is 17.8 Å². The van der Waals surface area contributed by atoms with E-state index in [0.717, 1.165) is 0 Å². The Labute approximate surface area is 103 Å². The fourth-order valence-electron chi connectivity index (χ4n) is 1.90. The van der Waals surface area contributed by atoms with E-state index in [1.54, 1.807) is 11.8 Å². The molecule has 0 aliphatic carbocycles. The van der Waals surface area contributed by atoms with Gasteiger partial charge in [0, 0.05) is 13.1 Å². The lowest BCUT2D eigenvalue weighted by atomic mass is 10.2. The third-order valence-corrected chi connectivity index (χ3v) is 2.79. The maximum absolute atomic E-state index is 13.9. The molecule has 1 N–H and O–H groups in total. The summed E-state index contributed by atoms with van der Waals surface area (Å²) < 4.78 is 19.2. The number of carbonyl (C=O) groups is 1. The lowest BCUT2D eigenvalue weighted by Crippen LogP contribution is -2.44. The van der Waals surface area contributed by atoms with Crippen LogP contribution in [0.4, 0.5) is 10.2 Å². The molecule has 18 heavy (non-hydrogen) atoms. The van der Waals surface area contributed by atoms with Crippen molar-refractivity contribution < 1.29 is 19.0 Å². The van der Waals surface area contributed by atoms with Gasteiger partial charge in [0.25, 0.3) is 0 Å². The van der Waals surface area contributed by atoms with Crippen LogP contribution in [-0.4, -0.2) is 46.8 Å². The fraction of sp³-hybridized carbons (Fsp3) is 0.545. The molecule has 1 unspecified atom stereocenters. The normalized spacial score (nSPS) is 19.9. The van der Waals surface area contributed by atoms with E-state index in [1.807, 2.05) is 0 Å². The molecule has 2 rings (SSSR count). The zero-order valence-corrected chi connectivity index (χ0v) is 9.97. The minimum absolute atomic E-state index is 0.0951. The molecule has 1 aromatic heterocycles. The van der Waals surface area contributed by atoms with Crippen LogP contribution in [-0.2, 0) is 9.53 Å². The molecule has 1 aromatic rings. The molecule has 0 aromatic carbocycles. The Balaban J connectivity index is 2.13. The van der Waals surface area contributed by atoms with Crippen molar-refractivity contribution in [1.29, 1.82) is 0 Å². The Bertz CT molecular complexity index is 455. The molecule has 0 spiro atoms. The number of morpholine rings is 1. The molecule has 6 nitrogen and oxygen atoms in total. The second-order valence-electron chi connectivity index (χ2n) is 4.13. The van der Waals surface area contributed by atoms with Crippen molar-refractivity contribution >= 4 is 11.8 Å². The Morgan fingerprint density at radius 3 is 3.17 bits per heavy atom. The van der Waals surface area contributed by atoms with Gasteiger partial charge in [-0.25, -0.2) is 14.4 Å². The zero-order chi connectivity index (χ0) is 13.1. The van der Waals surface area contributed by atoms with Crippen LogP contribution in [0.1, 0.15) is 12.1 Å². The van der Waals surface area contributed by atoms with Gasteiger partial charge in [-0.05, 0) is 6.92 Å². The van der Waals surface area contributed by atoms with E-state index in [9.17, 15) is 9.18 Å². The predicted molar refractivity (Wildman–Crippen MR) is 60.9 cm³/mol. The predicted octanol–water partition coefficient (Wildman–Crippen LogP) is 0.604. The number of ether oxygens (including phenoxy) is 1. The van der Waals surface area contributed by atoms with Crippen LogP contribution in [0, 0.1) is 12.7 Å². The molecular formula is C11H14FN3O3. The summed E-state index contributed by atoms with van der Waals surface area (Å²) in [5, 5.41) is 8.72. The number of carboxylic acids is 1. The van der Waals surface area contributed by atoms with E-state index in [2.05, 4.69) is 9.97 Å². The summed E-state index contributed by atoms with van der Waals surface area (Å²) in [5.41, 5.74) is 0.279. The average molecular weight is 255 g/mol. The smallest absolute Gasteiger partial charge is 0.306 e. The standard InChI is InChI=1S/C11H14FN3O3/c1-7-10(12)11(14-6-13-7)15-2-3-18-8(5-15)4-9(16)17/h6,8H,2-5H2,1H3,(H,16,17). The van der Waals surface area contributed by atoms with Crippen LogP contribution >= 0.6 is 0 Å². The second kappa shape index (κ2) is 5.26. The second-order valence-corrected chi connectivity index (χ2v) is 4.13. The van der Waals surface area contributed by atoms with Gasteiger partial charge < -0.3 is 14.7 Å². The minimum Gasteiger partial charge on any atom is -0.481 e. The van der Waals surface area contributed by atoms with Gasteiger partial charge in [0.15, 0.2) is 11.6 Å². The number of carboxylic acid groups (broad SMARTS) is 1. The number of hydrogen-bond acceptors (Lipinski definition) is 5. The molecule has 0 radical (unpaired) electrons. The Morgan fingerprint density at radius 2 is 2.44 bits per heavy atom. The minimum atomic E-state index is -0.929. The van der Waals surface area contributed by atoms with Crippen molar-refractivity contribution in [2.24, 2.45) is 0 Å². The van der Waals surface area contributed by atoms with Crippen LogP contribution in [0.3, 0.4) is 0 Å². The van der Waals surface area contributed by atoms with Crippen LogP contribution < -0.4 is 4.90 Å². The number of aliphatic carboxylic acids is 1. The number of rotatable bonds is 3. The van der Waals surface area contributed by atoms with Crippen LogP contribution in [0.5, 0.6) is 0 Å². The molecule has 2 heterocycles. The maximum Gasteiger partial charge on any atom is 0.306 e. The van der Waals surface area contributed by atoms with Gasteiger partial charge in [-0.2, -0.15) is 0 Å². The first-order valence-corrected chi connectivity index (χ1v) is 5.63. The fourth-order valence-corrected chi connectivity index (χ4v) is 1.90. The lowest BCUT2D eigenvalue weighted by Gasteiger charge is -2.33. The van der Waals surface area contributed by atoms with Crippen molar-refractivity contribution in [2.45, 2.75) is 19.4 Å². The highest BCUT2D eigenvalue weighted by Gasteiger charge is 2.25. The van der Waals surface area contributed by atoms with E-state index in [4.69, 9.17) is 9.84 Å². The molecule has 7 heteroatoms. The van der Waals surface area contributed by atoms with E-state index in [0.29, 0.717) is 19.7 Å². The number of hydrogen-bond donors (Lipinski definition) is 1. The Kier molecular flexibility index (Phi) is 3.71. The molecule has 1 aliphatic heterocycles. The van der Waals surface area contributed by atoms with E-state index in [-0.39, 0.29) is 17.9 Å². The largest absolute Gasteiger partial charge is 0.481 e. The molecule has 1 atom stereocenters. The molecule has 1 fully saturated rings. The van der Waals surface area contributed by atoms with Crippen molar-refractivity contribution in [1.82, 2.24) is 9.97 Å². The molecule has 1 aliphatic rings. The summed E-state index contributed by atoms with van der Waals surface area (Å²) in [4.78, 5) is 20.0. The number of aromatic nitrogens is 2. The van der Waals surface area contributed by atoms with Crippen LogP contribution in [0.15, 0.2) is 6.33 Å². The Morgan fingerprint density at radius 1 is 1.67 bits per heavy atom. The molecular weight excluding hydrogens is 241 g/mol. The maximum atomic E-state index is 13.9. The summed E-state index contributed by atoms with van der Waals surface area (Å²) in [7, 11) is 0. The highest BCUT2D eigenvalue weighted by atomic mass is 19.1. The molecule has 98 valence electrons. The van der Waals surface area contributed by atoms with Gasteiger partial charge in [-0.1, -0.05) is 0 Å². The van der Waals surface area contributed by atoms with Gasteiger partial charge in [0.05, 0.1) is 24.8 Å². The SMILES string of the molecule is Cc1ncnc(N2CCOC(CC(=O)O)C2)c1F. The summed E-state index contributed by atoms with van der Waals surface area (Å²) in [6.07, 6.45) is 0.767. The quantitative estimate of drug-likeness (QED) is 0.852. The van der Waals surface area contributed by atoms with Crippen molar-refractivity contribution in [3.8, 4) is 0 Å². The first kappa shape index (κ1) is 12.7. The highest BCUT2D eigenvalue weighted by molar-refractivity contribution is 5.67. The Hall–Kier alpha value is -1.76. The van der Waals surface area contributed by atoms with E-state index >= 15 is 0 Å². The molecule has 1 saturated heterocycles. The van der Waals surface area contributed by atoms with Gasteiger partial charge >= 0.3 is 5.97 Å². The number of aryl methyl sites for hydroxylation is 1. The van der Waals surface area contributed by atoms with Gasteiger partial charge in [-0.3, -0.25) is 4.79 Å². The third kappa shape index (κ3) is 2.73. The van der Waals surface area contributed by atoms with Gasteiger partial charge in [0.1, 0.15) is 6.33 Å². The van der Waals surface area contributed by atoms with Gasteiger partial charge in [-0.15, -0.1) is 0 Å². The van der Waals surface area contributed by atoms with Crippen molar-refractivity contribution in [2.75, 3.05) is 24.6 Å². The average Bonchev–Trinajstić information content (AvgIpc) is 2.32. The molecule has 0 saturated carbocycles. The summed E-state index contributed by atoms with van der Waals surface area (Å²) in [5.74, 6) is -1.18. The van der Waals surface area contributed by atoms with Crippen molar-refractivity contribution in [3.63, 3.8) is 0 Å². The highest BCUT2D eigenvalue weighted by Crippen LogP contribution is 2.20. The first-order chi connectivity index (χ1) is 8.58. The monoisotopic (exact) mass is 255 g/mol. The van der Waals surface area contributed by atoms with E-state index in [1.165, 1.54) is 6.33 Å². The number of anilines is 1. The molecule has 0 amide bonds. The van der Waals surface area contributed by atoms with E-state index < -0.39 is 17.9 Å². The third-order valence-electron chi connectivity index (χ3n) is 2.79. The van der Waals surface area contributed by atoms with Crippen LogP contribution in [0.2, 0.25) is 0 Å². The lowest BCUT2D eigenvalue weighted by molar-refractivity contribution is -0.140. The van der Waals surface area contributed by atoms with Gasteiger partial charge in [0.2, 0.25) is 0 Å². The first-order valence-electron chi connectivity index (χ1n) is 5.63. The zero-order valence-electron chi connectivity index (χ0n) is 9.97. The number of halogens is 1. The number of nitrogens with zero attached hydrogens (tertiary/aromatic N) is 3. The summed E-state index contributed by atoms with van der Waals surface area (Å²) >= 11 is 0. The topological polar surface area (TPSA) is 75.5 Å². The summed E-state index contributed by atoms with van der Waals surface area (Å²) in [6.45, 7) is 2.74.